The quantitative estimate of drug-likeness (QED) is 0.805. The normalized spacial score (nSPS) is 13.9. The zero-order chi connectivity index (χ0) is 17.0. The predicted octanol–water partition coefficient (Wildman–Crippen LogP) is 3.52. The molecule has 0 radical (unpaired) electrons. The molecule has 1 heterocycles. The van der Waals surface area contributed by atoms with Crippen molar-refractivity contribution in [1.29, 1.82) is 0 Å². The Hall–Kier alpha value is -2.14. The summed E-state index contributed by atoms with van der Waals surface area (Å²) in [6, 6.07) is 3.82. The smallest absolute Gasteiger partial charge is 0.335 e. The largest absolute Gasteiger partial charge is 0.478 e. The molecule has 1 saturated carbocycles. The lowest BCUT2D eigenvalue weighted by Crippen LogP contribution is -2.12. The van der Waals surface area contributed by atoms with Gasteiger partial charge < -0.3 is 15.2 Å². The number of rotatable bonds is 4. The standard InChI is InChI=1S/C17H20N2O2.CH4O/c1-3-12-9-18-16(19-12)15-8-13(17(20)21)10(2)7-14(15)11-5-4-6-11;1-2/h7-9,11H,3-6H2,1-2H3,(H,18,19)(H,20,21);2H,1H3. The van der Waals surface area contributed by atoms with Crippen LogP contribution in [0.25, 0.3) is 11.4 Å². The maximum atomic E-state index is 11.4. The molecule has 1 aromatic carbocycles. The summed E-state index contributed by atoms with van der Waals surface area (Å²) < 4.78 is 0. The number of aromatic nitrogens is 2. The molecule has 1 fully saturated rings. The lowest BCUT2D eigenvalue weighted by molar-refractivity contribution is 0.0696. The third kappa shape index (κ3) is 3.45. The molecule has 0 aliphatic heterocycles. The van der Waals surface area contributed by atoms with Crippen molar-refractivity contribution < 1.29 is 15.0 Å². The van der Waals surface area contributed by atoms with Crippen molar-refractivity contribution in [3.05, 3.63) is 40.7 Å². The zero-order valence-corrected chi connectivity index (χ0v) is 13.9. The van der Waals surface area contributed by atoms with Gasteiger partial charge in [0.2, 0.25) is 0 Å². The fourth-order valence-electron chi connectivity index (χ4n) is 2.90. The van der Waals surface area contributed by atoms with Crippen LogP contribution < -0.4 is 0 Å². The van der Waals surface area contributed by atoms with Crippen molar-refractivity contribution in [3.63, 3.8) is 0 Å². The first-order chi connectivity index (χ1) is 11.1. The number of aromatic carboxylic acids is 1. The first-order valence-corrected chi connectivity index (χ1v) is 7.97. The highest BCUT2D eigenvalue weighted by molar-refractivity contribution is 5.91. The summed E-state index contributed by atoms with van der Waals surface area (Å²) in [7, 11) is 1.00. The van der Waals surface area contributed by atoms with E-state index >= 15 is 0 Å². The highest BCUT2D eigenvalue weighted by Gasteiger charge is 2.25. The van der Waals surface area contributed by atoms with Crippen LogP contribution in [0.1, 0.15) is 59.3 Å². The zero-order valence-electron chi connectivity index (χ0n) is 13.9. The minimum absolute atomic E-state index is 0.363. The molecule has 3 N–H and O–H groups in total. The monoisotopic (exact) mass is 316 g/mol. The molecule has 2 aromatic rings. The van der Waals surface area contributed by atoms with Crippen molar-refractivity contribution in [3.8, 4) is 11.4 Å². The Labute approximate surface area is 136 Å². The van der Waals surface area contributed by atoms with E-state index in [1.54, 1.807) is 6.07 Å². The molecule has 0 atom stereocenters. The number of aliphatic hydroxyl groups excluding tert-OH is 1. The number of hydrogen-bond donors (Lipinski definition) is 3. The molecule has 5 heteroatoms. The SMILES string of the molecule is CCc1cnc(-c2cc(C(=O)O)c(C)cc2C2CCC2)[nH]1.CO. The van der Waals surface area contributed by atoms with Gasteiger partial charge in [-0.15, -0.1) is 0 Å². The minimum atomic E-state index is -0.879. The van der Waals surface area contributed by atoms with Crippen LogP contribution in [0, 0.1) is 6.92 Å². The van der Waals surface area contributed by atoms with Crippen LogP contribution in [0.3, 0.4) is 0 Å². The van der Waals surface area contributed by atoms with Gasteiger partial charge in [-0.3, -0.25) is 0 Å². The van der Waals surface area contributed by atoms with Crippen LogP contribution in [-0.4, -0.2) is 33.3 Å². The predicted molar refractivity (Wildman–Crippen MR) is 89.8 cm³/mol. The van der Waals surface area contributed by atoms with Crippen LogP contribution in [0.4, 0.5) is 0 Å². The Kier molecular flexibility index (Phi) is 5.55. The first-order valence-electron chi connectivity index (χ1n) is 7.97. The van der Waals surface area contributed by atoms with Gasteiger partial charge in [0.1, 0.15) is 5.82 Å². The number of aromatic amines is 1. The van der Waals surface area contributed by atoms with Gasteiger partial charge in [-0.05, 0) is 49.3 Å². The fourth-order valence-corrected chi connectivity index (χ4v) is 2.90. The second kappa shape index (κ2) is 7.42. The molecule has 124 valence electrons. The van der Waals surface area contributed by atoms with Gasteiger partial charge in [0, 0.05) is 24.6 Å². The average Bonchev–Trinajstić information content (AvgIpc) is 2.96. The third-order valence-corrected chi connectivity index (χ3v) is 4.44. The van der Waals surface area contributed by atoms with Crippen molar-refractivity contribution in [2.24, 2.45) is 0 Å². The second-order valence-electron chi connectivity index (χ2n) is 5.80. The van der Waals surface area contributed by atoms with Gasteiger partial charge in [-0.25, -0.2) is 9.78 Å². The Morgan fingerprint density at radius 2 is 2.04 bits per heavy atom. The van der Waals surface area contributed by atoms with Crippen LogP contribution in [0.5, 0.6) is 0 Å². The van der Waals surface area contributed by atoms with E-state index in [1.165, 1.54) is 24.8 Å². The van der Waals surface area contributed by atoms with Gasteiger partial charge in [0.25, 0.3) is 0 Å². The Bertz CT molecular complexity index is 688. The molecule has 0 saturated heterocycles. The first kappa shape index (κ1) is 17.2. The number of hydrogen-bond acceptors (Lipinski definition) is 3. The Morgan fingerprint density at radius 1 is 1.35 bits per heavy atom. The lowest BCUT2D eigenvalue weighted by Gasteiger charge is -2.28. The number of carboxylic acids is 1. The van der Waals surface area contributed by atoms with Crippen molar-refractivity contribution in [1.82, 2.24) is 9.97 Å². The van der Waals surface area contributed by atoms with E-state index in [0.717, 1.165) is 36.2 Å². The van der Waals surface area contributed by atoms with Gasteiger partial charge in [0.15, 0.2) is 0 Å². The molecule has 0 bridgehead atoms. The van der Waals surface area contributed by atoms with Gasteiger partial charge in [-0.1, -0.05) is 19.4 Å². The number of benzene rings is 1. The van der Waals surface area contributed by atoms with Crippen molar-refractivity contribution in [2.75, 3.05) is 7.11 Å². The third-order valence-electron chi connectivity index (χ3n) is 4.44. The van der Waals surface area contributed by atoms with E-state index in [2.05, 4.69) is 16.9 Å². The van der Waals surface area contributed by atoms with Crippen molar-refractivity contribution in [2.45, 2.75) is 45.4 Å². The second-order valence-corrected chi connectivity index (χ2v) is 5.80. The number of carbonyl (C=O) groups is 1. The van der Waals surface area contributed by atoms with Gasteiger partial charge in [-0.2, -0.15) is 0 Å². The molecule has 3 rings (SSSR count). The summed E-state index contributed by atoms with van der Waals surface area (Å²) in [5, 5.41) is 16.4. The van der Waals surface area contributed by atoms with E-state index in [-0.39, 0.29) is 0 Å². The Balaban J connectivity index is 0.000000924. The van der Waals surface area contributed by atoms with E-state index in [4.69, 9.17) is 5.11 Å². The molecule has 1 aromatic heterocycles. The molecule has 1 aliphatic carbocycles. The van der Waals surface area contributed by atoms with Crippen LogP contribution in [0.2, 0.25) is 0 Å². The van der Waals surface area contributed by atoms with E-state index in [0.29, 0.717) is 11.5 Å². The number of aryl methyl sites for hydroxylation is 2. The number of H-pyrrole nitrogens is 1. The summed E-state index contributed by atoms with van der Waals surface area (Å²) in [6.45, 7) is 3.94. The lowest BCUT2D eigenvalue weighted by atomic mass is 9.77. The summed E-state index contributed by atoms with van der Waals surface area (Å²) in [5.41, 5.74) is 4.45. The maximum Gasteiger partial charge on any atom is 0.335 e. The molecular formula is C18H24N2O3. The summed E-state index contributed by atoms with van der Waals surface area (Å²) >= 11 is 0. The van der Waals surface area contributed by atoms with Crippen LogP contribution in [-0.2, 0) is 6.42 Å². The van der Waals surface area contributed by atoms with Crippen LogP contribution in [0.15, 0.2) is 18.3 Å². The minimum Gasteiger partial charge on any atom is -0.478 e. The molecule has 0 unspecified atom stereocenters. The highest BCUT2D eigenvalue weighted by Crippen LogP contribution is 2.41. The molecule has 0 spiro atoms. The molecule has 5 nitrogen and oxygen atoms in total. The van der Waals surface area contributed by atoms with E-state index in [1.807, 2.05) is 19.2 Å². The van der Waals surface area contributed by atoms with Crippen LogP contribution >= 0.6 is 0 Å². The average molecular weight is 316 g/mol. The Morgan fingerprint density at radius 3 is 2.52 bits per heavy atom. The number of aliphatic hydroxyl groups is 1. The molecule has 0 amide bonds. The number of carboxylic acid groups (broad SMARTS) is 1. The molecule has 1 aliphatic rings. The van der Waals surface area contributed by atoms with E-state index < -0.39 is 5.97 Å². The number of imidazole rings is 1. The van der Waals surface area contributed by atoms with Gasteiger partial charge in [0.05, 0.1) is 5.56 Å². The molecule has 23 heavy (non-hydrogen) atoms. The topological polar surface area (TPSA) is 86.2 Å². The summed E-state index contributed by atoms with van der Waals surface area (Å²) in [4.78, 5) is 19.1. The fraction of sp³-hybridized carbons (Fsp3) is 0.444. The van der Waals surface area contributed by atoms with Gasteiger partial charge >= 0.3 is 5.97 Å². The number of nitrogens with zero attached hydrogens (tertiary/aromatic N) is 1. The summed E-state index contributed by atoms with van der Waals surface area (Å²) in [6.07, 6.45) is 6.34. The summed E-state index contributed by atoms with van der Waals surface area (Å²) in [5.74, 6) is 0.448. The molecular weight excluding hydrogens is 292 g/mol. The number of nitrogens with one attached hydrogen (secondary N) is 1. The highest BCUT2D eigenvalue weighted by atomic mass is 16.4. The maximum absolute atomic E-state index is 11.4. The van der Waals surface area contributed by atoms with E-state index in [9.17, 15) is 9.90 Å². The van der Waals surface area contributed by atoms with Crippen molar-refractivity contribution >= 4 is 5.97 Å².